The molecule has 0 amide bonds. The third-order valence-electron chi connectivity index (χ3n) is 14.1. The third kappa shape index (κ3) is 5.37. The maximum atomic E-state index is 13.2. The lowest BCUT2D eigenvalue weighted by Crippen LogP contribution is -2.69. The van der Waals surface area contributed by atoms with Gasteiger partial charge in [0, 0.05) is 17.9 Å². The molecule has 0 aromatic heterocycles. The first-order valence-corrected chi connectivity index (χ1v) is 18.0. The zero-order valence-electron chi connectivity index (χ0n) is 28.5. The number of hydrogen-bond acceptors (Lipinski definition) is 15. The highest BCUT2D eigenvalue weighted by Gasteiger charge is 2.71. The molecule has 3 heterocycles. The highest BCUT2D eigenvalue weighted by atomic mass is 16.7. The molecule has 4 saturated carbocycles. The van der Waals surface area contributed by atoms with Crippen molar-refractivity contribution in [2.45, 2.75) is 150 Å². The van der Waals surface area contributed by atoms with Crippen LogP contribution in [0.25, 0.3) is 0 Å². The van der Waals surface area contributed by atoms with E-state index in [4.69, 9.17) is 23.7 Å². The Balaban J connectivity index is 1.02. The van der Waals surface area contributed by atoms with Crippen molar-refractivity contribution >= 4 is 12.3 Å². The monoisotopic (exact) mass is 712 g/mol. The Morgan fingerprint density at radius 1 is 0.860 bits per heavy atom. The Hall–Kier alpha value is -1.60. The minimum atomic E-state index is -1.71. The quantitative estimate of drug-likeness (QED) is 0.0858. The van der Waals surface area contributed by atoms with Crippen LogP contribution in [0, 0.1) is 28.6 Å². The average Bonchev–Trinajstić information content (AvgIpc) is 3.64. The molecule has 2 saturated heterocycles. The minimum absolute atomic E-state index is 0.00102. The van der Waals surface area contributed by atoms with Gasteiger partial charge in [0.1, 0.15) is 55.6 Å². The first kappa shape index (κ1) is 36.7. The molecule has 0 radical (unpaired) electrons. The van der Waals surface area contributed by atoms with E-state index in [0.717, 1.165) is 18.3 Å². The SMILES string of the molecule is C[C@H]1O[C@@H](O[C@H]2CC[C@]3(C=O)[C@@H]4CC[C@]5(C)[C@@H](C6=CC(=O)OC6)CC[C@]5(O)[C@@H]4CC[C@]3(O)C2)[C@H](O)[C@H](O)[C@@H]1O[C@@H]1O[C@@H](CO)[C@H](O)[C@@H](O)[C@@H]1O. The molecule has 15 nitrogen and oxygen atoms in total. The molecule has 15 heteroatoms. The second-order valence-corrected chi connectivity index (χ2v) is 16.2. The van der Waals surface area contributed by atoms with Gasteiger partial charge in [0.05, 0.1) is 35.4 Å². The number of aldehydes is 1. The molecular formula is C35H52O15. The van der Waals surface area contributed by atoms with Crippen molar-refractivity contribution < 1.29 is 74.1 Å². The standard InChI is InChI=1S/C35H52O15/c1-16-29(50-31-27(42)25(40)24(39)22(13-36)49-31)26(41)28(43)30(47-16)48-18-3-8-33(15-37)20-4-7-32(2)19(17-11-23(38)46-14-17)6-10-35(32,45)21(20)5-9-34(33,44)12-18/h11,15-16,18-22,24-31,36,39-45H,3-10,12-14H2,1-2H3/t16-,18+,19-,20-,21-,22+,24+,25-,26+,27+,28-,29-,30+,31+,32-,33+,34+,35+/m1/s1. The van der Waals surface area contributed by atoms with Crippen LogP contribution >= 0.6 is 0 Å². The van der Waals surface area contributed by atoms with Gasteiger partial charge >= 0.3 is 5.97 Å². The van der Waals surface area contributed by atoms with Crippen molar-refractivity contribution in [3.05, 3.63) is 11.6 Å². The number of fused-ring (bicyclic) bond motifs is 5. The van der Waals surface area contributed by atoms with Crippen molar-refractivity contribution in [3.63, 3.8) is 0 Å². The van der Waals surface area contributed by atoms with E-state index in [1.165, 1.54) is 0 Å². The summed E-state index contributed by atoms with van der Waals surface area (Å²) in [5.41, 5.74) is -3.20. The molecule has 4 aliphatic carbocycles. The van der Waals surface area contributed by atoms with Gasteiger partial charge in [0.25, 0.3) is 0 Å². The van der Waals surface area contributed by atoms with E-state index in [-0.39, 0.29) is 43.2 Å². The van der Waals surface area contributed by atoms with Crippen LogP contribution in [0.5, 0.6) is 0 Å². The van der Waals surface area contributed by atoms with Crippen LogP contribution in [0.2, 0.25) is 0 Å². The summed E-state index contributed by atoms with van der Waals surface area (Å²) in [6.07, 6.45) is -8.63. The largest absolute Gasteiger partial charge is 0.458 e. The van der Waals surface area contributed by atoms with E-state index in [2.05, 4.69) is 6.92 Å². The first-order valence-electron chi connectivity index (χ1n) is 18.0. The topological polar surface area (TPSA) is 242 Å². The molecule has 6 fully saturated rings. The molecule has 0 aromatic carbocycles. The van der Waals surface area contributed by atoms with Gasteiger partial charge in [-0.25, -0.2) is 4.79 Å². The van der Waals surface area contributed by atoms with Crippen molar-refractivity contribution in [1.82, 2.24) is 0 Å². The number of esters is 1. The van der Waals surface area contributed by atoms with E-state index in [1.807, 2.05) is 0 Å². The maximum absolute atomic E-state index is 13.2. The molecule has 7 rings (SSSR count). The fourth-order valence-corrected chi connectivity index (χ4v) is 11.3. The van der Waals surface area contributed by atoms with Gasteiger partial charge in [-0.05, 0) is 81.6 Å². The Kier molecular flexibility index (Phi) is 9.60. The predicted molar refractivity (Wildman–Crippen MR) is 167 cm³/mol. The van der Waals surface area contributed by atoms with E-state index in [1.54, 1.807) is 13.0 Å². The van der Waals surface area contributed by atoms with Gasteiger partial charge in [0.2, 0.25) is 0 Å². The van der Waals surface area contributed by atoms with Gasteiger partial charge in [-0.3, -0.25) is 0 Å². The number of aliphatic hydroxyl groups is 8. The fraction of sp³-hybridized carbons (Fsp3) is 0.886. The van der Waals surface area contributed by atoms with Crippen LogP contribution in [0.15, 0.2) is 11.6 Å². The summed E-state index contributed by atoms with van der Waals surface area (Å²) in [7, 11) is 0. The number of aliphatic hydroxyl groups excluding tert-OH is 6. The second-order valence-electron chi connectivity index (χ2n) is 16.2. The Morgan fingerprint density at radius 2 is 1.56 bits per heavy atom. The molecular weight excluding hydrogens is 660 g/mol. The number of hydrogen-bond donors (Lipinski definition) is 8. The lowest BCUT2D eigenvalue weighted by Gasteiger charge is -2.65. The van der Waals surface area contributed by atoms with E-state index >= 15 is 0 Å². The number of rotatable bonds is 7. The molecule has 0 spiro atoms. The van der Waals surface area contributed by atoms with Gasteiger partial charge in [-0.1, -0.05) is 6.92 Å². The van der Waals surface area contributed by atoms with Crippen LogP contribution in [-0.2, 0) is 33.3 Å². The Morgan fingerprint density at radius 3 is 2.24 bits per heavy atom. The van der Waals surface area contributed by atoms with Gasteiger partial charge < -0.3 is 69.3 Å². The minimum Gasteiger partial charge on any atom is -0.458 e. The fourth-order valence-electron chi connectivity index (χ4n) is 11.3. The highest BCUT2D eigenvalue weighted by molar-refractivity contribution is 5.85. The molecule has 0 unspecified atom stereocenters. The summed E-state index contributed by atoms with van der Waals surface area (Å²) in [5, 5.41) is 87.0. The second kappa shape index (κ2) is 13.1. The summed E-state index contributed by atoms with van der Waals surface area (Å²) in [6, 6.07) is 0. The molecule has 8 N–H and O–H groups in total. The normalized spacial score (nSPS) is 55.0. The molecule has 7 aliphatic rings. The summed E-state index contributed by atoms with van der Waals surface area (Å²) < 4.78 is 28.4. The Labute approximate surface area is 290 Å². The predicted octanol–water partition coefficient (Wildman–Crippen LogP) is -1.43. The van der Waals surface area contributed by atoms with Crippen molar-refractivity contribution in [2.75, 3.05) is 13.2 Å². The molecule has 50 heavy (non-hydrogen) atoms. The number of carbonyl (C=O) groups excluding carboxylic acids is 2. The highest BCUT2D eigenvalue weighted by Crippen LogP contribution is 2.70. The molecule has 282 valence electrons. The van der Waals surface area contributed by atoms with E-state index in [0.29, 0.717) is 38.5 Å². The molecule has 18 atom stereocenters. The van der Waals surface area contributed by atoms with Gasteiger partial charge in [-0.15, -0.1) is 0 Å². The van der Waals surface area contributed by atoms with Crippen LogP contribution in [0.1, 0.15) is 71.6 Å². The molecule has 0 aromatic rings. The number of ether oxygens (including phenoxy) is 5. The third-order valence-corrected chi connectivity index (χ3v) is 14.1. The van der Waals surface area contributed by atoms with Gasteiger partial charge in [0.15, 0.2) is 12.6 Å². The Bertz CT molecular complexity index is 1340. The van der Waals surface area contributed by atoms with E-state index in [9.17, 15) is 50.4 Å². The van der Waals surface area contributed by atoms with Crippen LogP contribution in [0.4, 0.5) is 0 Å². The van der Waals surface area contributed by atoms with Crippen molar-refractivity contribution in [1.29, 1.82) is 0 Å². The van der Waals surface area contributed by atoms with Gasteiger partial charge in [-0.2, -0.15) is 0 Å². The van der Waals surface area contributed by atoms with Crippen LogP contribution in [-0.4, -0.2) is 145 Å². The van der Waals surface area contributed by atoms with Crippen molar-refractivity contribution in [3.8, 4) is 0 Å². The molecule has 0 bridgehead atoms. The lowest BCUT2D eigenvalue weighted by atomic mass is 9.41. The van der Waals surface area contributed by atoms with Crippen LogP contribution in [0.3, 0.4) is 0 Å². The summed E-state index contributed by atoms with van der Waals surface area (Å²) in [4.78, 5) is 25.1. The smallest absolute Gasteiger partial charge is 0.331 e. The summed E-state index contributed by atoms with van der Waals surface area (Å²) in [6.45, 7) is 3.22. The zero-order valence-corrected chi connectivity index (χ0v) is 28.5. The summed E-state index contributed by atoms with van der Waals surface area (Å²) >= 11 is 0. The first-order chi connectivity index (χ1) is 23.6. The van der Waals surface area contributed by atoms with Crippen molar-refractivity contribution in [2.24, 2.45) is 28.6 Å². The maximum Gasteiger partial charge on any atom is 0.331 e. The number of cyclic esters (lactones) is 1. The lowest BCUT2D eigenvalue weighted by molar-refractivity contribution is -0.361. The average molecular weight is 713 g/mol. The summed E-state index contributed by atoms with van der Waals surface area (Å²) in [5.74, 6) is -0.830. The molecule has 3 aliphatic heterocycles. The zero-order chi connectivity index (χ0) is 36.0. The van der Waals surface area contributed by atoms with E-state index < -0.39 is 96.2 Å². The van der Waals surface area contributed by atoms with Crippen LogP contribution < -0.4 is 0 Å². The number of carbonyl (C=O) groups is 2.